The minimum Gasteiger partial charge on any atom is -0.373 e. The van der Waals surface area contributed by atoms with Crippen LogP contribution in [0.5, 0.6) is 0 Å². The Morgan fingerprint density at radius 2 is 2.39 bits per heavy atom. The van der Waals surface area contributed by atoms with Gasteiger partial charge in [-0.3, -0.25) is 4.90 Å². The standard InChI is InChI=1S/C13H24N4O/c1-3-6-17-7-5-15-13(17)12(14)11-10-16(4-2)8-9-18-11/h5,7,11-12H,3-4,6,8-10,14H2,1-2H3. The number of aryl methyl sites for hydroxylation is 1. The molecule has 1 saturated heterocycles. The molecular formula is C13H24N4O. The Labute approximate surface area is 109 Å². The van der Waals surface area contributed by atoms with E-state index < -0.39 is 0 Å². The second-order valence-corrected chi connectivity index (χ2v) is 4.81. The van der Waals surface area contributed by atoms with Gasteiger partial charge in [-0.2, -0.15) is 0 Å². The largest absolute Gasteiger partial charge is 0.373 e. The van der Waals surface area contributed by atoms with Crippen LogP contribution in [0, 0.1) is 0 Å². The summed E-state index contributed by atoms with van der Waals surface area (Å²) >= 11 is 0. The quantitative estimate of drug-likeness (QED) is 0.850. The Balaban J connectivity index is 2.05. The number of hydrogen-bond donors (Lipinski definition) is 1. The fourth-order valence-corrected chi connectivity index (χ4v) is 2.45. The molecule has 0 radical (unpaired) electrons. The zero-order valence-corrected chi connectivity index (χ0v) is 11.4. The van der Waals surface area contributed by atoms with E-state index in [1.807, 2.05) is 12.4 Å². The Bertz CT molecular complexity index is 366. The predicted molar refractivity (Wildman–Crippen MR) is 71.3 cm³/mol. The van der Waals surface area contributed by atoms with Crippen LogP contribution in [-0.2, 0) is 11.3 Å². The van der Waals surface area contributed by atoms with Gasteiger partial charge >= 0.3 is 0 Å². The summed E-state index contributed by atoms with van der Waals surface area (Å²) in [4.78, 5) is 6.78. The highest BCUT2D eigenvalue weighted by Crippen LogP contribution is 2.19. The van der Waals surface area contributed by atoms with Crippen LogP contribution >= 0.6 is 0 Å². The van der Waals surface area contributed by atoms with E-state index in [4.69, 9.17) is 10.5 Å². The Morgan fingerprint density at radius 3 is 3.11 bits per heavy atom. The topological polar surface area (TPSA) is 56.3 Å². The van der Waals surface area contributed by atoms with Crippen molar-refractivity contribution in [3.8, 4) is 0 Å². The zero-order valence-electron chi connectivity index (χ0n) is 11.4. The van der Waals surface area contributed by atoms with Crippen molar-refractivity contribution in [3.05, 3.63) is 18.2 Å². The van der Waals surface area contributed by atoms with Crippen molar-refractivity contribution in [1.82, 2.24) is 14.5 Å². The second kappa shape index (κ2) is 6.31. The summed E-state index contributed by atoms with van der Waals surface area (Å²) in [5.74, 6) is 0.944. The minimum atomic E-state index is -0.138. The highest BCUT2D eigenvalue weighted by Gasteiger charge is 2.28. The first kappa shape index (κ1) is 13.5. The van der Waals surface area contributed by atoms with E-state index in [9.17, 15) is 0 Å². The number of imidazole rings is 1. The molecular weight excluding hydrogens is 228 g/mol. The highest BCUT2D eigenvalue weighted by atomic mass is 16.5. The molecule has 0 amide bonds. The lowest BCUT2D eigenvalue weighted by Gasteiger charge is -2.34. The first-order chi connectivity index (χ1) is 8.76. The van der Waals surface area contributed by atoms with Crippen molar-refractivity contribution in [1.29, 1.82) is 0 Å². The third kappa shape index (κ3) is 2.91. The van der Waals surface area contributed by atoms with Crippen LogP contribution in [0.15, 0.2) is 12.4 Å². The number of rotatable bonds is 5. The maximum Gasteiger partial charge on any atom is 0.128 e. The van der Waals surface area contributed by atoms with Crippen molar-refractivity contribution in [3.63, 3.8) is 0 Å². The average molecular weight is 252 g/mol. The van der Waals surface area contributed by atoms with Gasteiger partial charge in [0, 0.05) is 32.0 Å². The number of aromatic nitrogens is 2. The van der Waals surface area contributed by atoms with Crippen LogP contribution in [-0.4, -0.2) is 46.8 Å². The minimum absolute atomic E-state index is 0.0525. The van der Waals surface area contributed by atoms with Gasteiger partial charge in [-0.05, 0) is 13.0 Å². The van der Waals surface area contributed by atoms with E-state index >= 15 is 0 Å². The SMILES string of the molecule is CCCn1ccnc1C(N)C1CN(CC)CCO1. The summed E-state index contributed by atoms with van der Waals surface area (Å²) in [5.41, 5.74) is 6.33. The van der Waals surface area contributed by atoms with Gasteiger partial charge < -0.3 is 15.0 Å². The number of nitrogens with zero attached hydrogens (tertiary/aromatic N) is 3. The number of hydrogen-bond acceptors (Lipinski definition) is 4. The van der Waals surface area contributed by atoms with Crippen molar-refractivity contribution in [2.24, 2.45) is 5.73 Å². The van der Waals surface area contributed by atoms with E-state index in [0.29, 0.717) is 0 Å². The highest BCUT2D eigenvalue weighted by molar-refractivity contribution is 5.02. The third-order valence-electron chi connectivity index (χ3n) is 3.54. The molecule has 102 valence electrons. The molecule has 2 atom stereocenters. The molecule has 2 rings (SSSR count). The number of likely N-dealkylation sites (N-methyl/N-ethyl adjacent to an activating group) is 1. The van der Waals surface area contributed by atoms with Crippen LogP contribution in [0.25, 0.3) is 0 Å². The molecule has 1 aliphatic rings. The van der Waals surface area contributed by atoms with Gasteiger partial charge in [-0.15, -0.1) is 0 Å². The number of ether oxygens (including phenoxy) is 1. The molecule has 1 aromatic heterocycles. The van der Waals surface area contributed by atoms with Gasteiger partial charge in [0.15, 0.2) is 0 Å². The molecule has 2 heterocycles. The van der Waals surface area contributed by atoms with Gasteiger partial charge in [-0.1, -0.05) is 13.8 Å². The third-order valence-corrected chi connectivity index (χ3v) is 3.54. The molecule has 5 heteroatoms. The van der Waals surface area contributed by atoms with Crippen molar-refractivity contribution in [2.75, 3.05) is 26.2 Å². The fraction of sp³-hybridized carbons (Fsp3) is 0.769. The summed E-state index contributed by atoms with van der Waals surface area (Å²) in [6, 6.07) is -0.138. The van der Waals surface area contributed by atoms with Crippen molar-refractivity contribution in [2.45, 2.75) is 39.0 Å². The molecule has 5 nitrogen and oxygen atoms in total. The van der Waals surface area contributed by atoms with Gasteiger partial charge in [0.1, 0.15) is 5.82 Å². The van der Waals surface area contributed by atoms with Gasteiger partial charge in [0.05, 0.1) is 18.8 Å². The Morgan fingerprint density at radius 1 is 1.56 bits per heavy atom. The molecule has 0 bridgehead atoms. The maximum absolute atomic E-state index is 6.33. The summed E-state index contributed by atoms with van der Waals surface area (Å²) in [7, 11) is 0. The lowest BCUT2D eigenvalue weighted by molar-refractivity contribution is -0.0409. The first-order valence-corrected chi connectivity index (χ1v) is 6.86. The average Bonchev–Trinajstić information content (AvgIpc) is 2.86. The van der Waals surface area contributed by atoms with E-state index in [-0.39, 0.29) is 12.1 Å². The first-order valence-electron chi connectivity index (χ1n) is 6.86. The molecule has 1 fully saturated rings. The van der Waals surface area contributed by atoms with E-state index in [1.54, 1.807) is 0 Å². The van der Waals surface area contributed by atoms with E-state index in [0.717, 1.165) is 45.0 Å². The molecule has 1 aromatic rings. The van der Waals surface area contributed by atoms with E-state index in [1.165, 1.54) is 0 Å². The lowest BCUT2D eigenvalue weighted by Crippen LogP contribution is -2.47. The molecule has 0 aliphatic carbocycles. The molecule has 18 heavy (non-hydrogen) atoms. The molecule has 1 aliphatic heterocycles. The fourth-order valence-electron chi connectivity index (χ4n) is 2.45. The van der Waals surface area contributed by atoms with Gasteiger partial charge in [0.2, 0.25) is 0 Å². The monoisotopic (exact) mass is 252 g/mol. The van der Waals surface area contributed by atoms with Crippen LogP contribution in [0.3, 0.4) is 0 Å². The summed E-state index contributed by atoms with van der Waals surface area (Å²) in [6.07, 6.45) is 4.96. The lowest BCUT2D eigenvalue weighted by atomic mass is 10.1. The molecule has 2 N–H and O–H groups in total. The van der Waals surface area contributed by atoms with Gasteiger partial charge in [0.25, 0.3) is 0 Å². The molecule has 0 spiro atoms. The van der Waals surface area contributed by atoms with Crippen LogP contribution in [0.2, 0.25) is 0 Å². The normalized spacial score (nSPS) is 23.2. The van der Waals surface area contributed by atoms with Gasteiger partial charge in [-0.25, -0.2) is 4.98 Å². The Hall–Kier alpha value is -0.910. The van der Waals surface area contributed by atoms with E-state index in [2.05, 4.69) is 28.3 Å². The van der Waals surface area contributed by atoms with Crippen LogP contribution in [0.1, 0.15) is 32.1 Å². The zero-order chi connectivity index (χ0) is 13.0. The molecule has 0 saturated carbocycles. The van der Waals surface area contributed by atoms with Crippen LogP contribution < -0.4 is 5.73 Å². The Kier molecular flexibility index (Phi) is 4.74. The summed E-state index contributed by atoms with van der Waals surface area (Å²) in [5, 5.41) is 0. The number of nitrogens with two attached hydrogens (primary N) is 1. The smallest absolute Gasteiger partial charge is 0.128 e. The predicted octanol–water partition coefficient (Wildman–Crippen LogP) is 1.01. The molecule has 0 aromatic carbocycles. The second-order valence-electron chi connectivity index (χ2n) is 4.81. The summed E-state index contributed by atoms with van der Waals surface area (Å²) < 4.78 is 7.95. The number of morpholine rings is 1. The van der Waals surface area contributed by atoms with Crippen molar-refractivity contribution >= 4 is 0 Å². The van der Waals surface area contributed by atoms with Crippen molar-refractivity contribution < 1.29 is 4.74 Å². The summed E-state index contributed by atoms with van der Waals surface area (Å²) in [6.45, 7) is 9.01. The molecule has 2 unspecified atom stereocenters. The maximum atomic E-state index is 6.33. The van der Waals surface area contributed by atoms with Crippen LogP contribution in [0.4, 0.5) is 0 Å².